The third-order valence-corrected chi connectivity index (χ3v) is 3.92. The van der Waals surface area contributed by atoms with Gasteiger partial charge >= 0.3 is 0 Å². The molecule has 2 unspecified atom stereocenters. The predicted molar refractivity (Wildman–Crippen MR) is 62.8 cm³/mol. The predicted octanol–water partition coefficient (Wildman–Crippen LogP) is 0.750. The molecule has 1 saturated carbocycles. The van der Waals surface area contributed by atoms with E-state index >= 15 is 0 Å². The molecule has 1 fully saturated rings. The van der Waals surface area contributed by atoms with Crippen molar-refractivity contribution >= 4 is 15.9 Å². The molecular weight excluding hydrogens is 278 g/mol. The Labute approximate surface area is 108 Å². The average Bonchev–Trinajstić information content (AvgIpc) is 2.91. The molecule has 3 N–H and O–H groups in total. The summed E-state index contributed by atoms with van der Waals surface area (Å²) >= 11 is 0. The van der Waals surface area contributed by atoms with Crippen LogP contribution in [-0.2, 0) is 10.0 Å². The normalized spacial score (nSPS) is 22.1. The fourth-order valence-corrected chi connectivity index (χ4v) is 2.30. The standard InChI is InChI=1S/C11H12F2N2O3S/c1-5-2-9(5)15-11(16)6-3-10(19(14,17)18)8(13)4-7(6)12/h3-5,9H,2H2,1H3,(H,15,16)(H2,14,17,18). The van der Waals surface area contributed by atoms with Crippen LogP contribution >= 0.6 is 0 Å². The number of primary sulfonamides is 1. The largest absolute Gasteiger partial charge is 0.349 e. The Hall–Kier alpha value is -1.54. The molecule has 0 radical (unpaired) electrons. The Balaban J connectivity index is 2.37. The molecule has 0 saturated heterocycles. The van der Waals surface area contributed by atoms with Gasteiger partial charge in [0, 0.05) is 12.1 Å². The van der Waals surface area contributed by atoms with Crippen molar-refractivity contribution in [3.8, 4) is 0 Å². The van der Waals surface area contributed by atoms with Gasteiger partial charge in [-0.25, -0.2) is 22.3 Å². The van der Waals surface area contributed by atoms with Gasteiger partial charge in [-0.15, -0.1) is 0 Å². The van der Waals surface area contributed by atoms with Crippen LogP contribution < -0.4 is 10.5 Å². The molecule has 2 atom stereocenters. The fourth-order valence-electron chi connectivity index (χ4n) is 1.69. The van der Waals surface area contributed by atoms with Crippen LogP contribution in [0.15, 0.2) is 17.0 Å². The van der Waals surface area contributed by atoms with Gasteiger partial charge in [0.05, 0.1) is 5.56 Å². The maximum absolute atomic E-state index is 13.5. The number of benzene rings is 1. The van der Waals surface area contributed by atoms with Gasteiger partial charge < -0.3 is 5.32 Å². The van der Waals surface area contributed by atoms with E-state index in [1.54, 1.807) is 0 Å². The van der Waals surface area contributed by atoms with Crippen LogP contribution in [0.25, 0.3) is 0 Å². The second kappa shape index (κ2) is 4.53. The number of amides is 1. The number of rotatable bonds is 3. The van der Waals surface area contributed by atoms with E-state index in [9.17, 15) is 22.0 Å². The lowest BCUT2D eigenvalue weighted by Gasteiger charge is -2.07. The Morgan fingerprint density at radius 3 is 2.42 bits per heavy atom. The van der Waals surface area contributed by atoms with Crippen molar-refractivity contribution in [2.24, 2.45) is 11.1 Å². The van der Waals surface area contributed by atoms with Gasteiger partial charge in [0.15, 0.2) is 0 Å². The van der Waals surface area contributed by atoms with Gasteiger partial charge in [0.1, 0.15) is 16.5 Å². The number of hydrogen-bond acceptors (Lipinski definition) is 3. The van der Waals surface area contributed by atoms with E-state index < -0.39 is 38.0 Å². The third kappa shape index (κ3) is 2.90. The quantitative estimate of drug-likeness (QED) is 0.861. The maximum Gasteiger partial charge on any atom is 0.254 e. The van der Waals surface area contributed by atoms with Crippen LogP contribution in [0.4, 0.5) is 8.78 Å². The summed E-state index contributed by atoms with van der Waals surface area (Å²) in [5, 5.41) is 7.31. The van der Waals surface area contributed by atoms with Crippen molar-refractivity contribution in [2.75, 3.05) is 0 Å². The van der Waals surface area contributed by atoms with Gasteiger partial charge in [0.2, 0.25) is 10.0 Å². The second-order valence-electron chi connectivity index (χ2n) is 4.60. The number of halogens is 2. The third-order valence-electron chi connectivity index (χ3n) is 3.00. The summed E-state index contributed by atoms with van der Waals surface area (Å²) < 4.78 is 49.0. The molecule has 1 aliphatic carbocycles. The molecule has 19 heavy (non-hydrogen) atoms. The van der Waals surface area contributed by atoms with E-state index in [2.05, 4.69) is 5.32 Å². The minimum Gasteiger partial charge on any atom is -0.349 e. The van der Waals surface area contributed by atoms with Crippen molar-refractivity contribution in [1.82, 2.24) is 5.32 Å². The summed E-state index contributed by atoms with van der Waals surface area (Å²) in [4.78, 5) is 10.8. The number of hydrogen-bond donors (Lipinski definition) is 2. The van der Waals surface area contributed by atoms with Crippen molar-refractivity contribution < 1.29 is 22.0 Å². The van der Waals surface area contributed by atoms with E-state index in [1.165, 1.54) is 0 Å². The first kappa shape index (κ1) is 13.9. The van der Waals surface area contributed by atoms with Gasteiger partial charge in [-0.05, 0) is 18.4 Å². The molecule has 0 spiro atoms. The van der Waals surface area contributed by atoms with Crippen molar-refractivity contribution in [3.05, 3.63) is 29.3 Å². The highest BCUT2D eigenvalue weighted by molar-refractivity contribution is 7.89. The SMILES string of the molecule is CC1CC1NC(=O)c1cc(S(N)(=O)=O)c(F)cc1F. The molecule has 8 heteroatoms. The fraction of sp³-hybridized carbons (Fsp3) is 0.364. The molecular formula is C11H12F2N2O3S. The Kier molecular flexibility index (Phi) is 3.31. The molecule has 0 heterocycles. The second-order valence-corrected chi connectivity index (χ2v) is 6.13. The van der Waals surface area contributed by atoms with Crippen LogP contribution in [0.2, 0.25) is 0 Å². The molecule has 0 bridgehead atoms. The highest BCUT2D eigenvalue weighted by atomic mass is 32.2. The zero-order valence-corrected chi connectivity index (χ0v) is 10.8. The highest BCUT2D eigenvalue weighted by Crippen LogP contribution is 2.29. The maximum atomic E-state index is 13.5. The Morgan fingerprint density at radius 2 is 1.95 bits per heavy atom. The molecule has 1 aromatic carbocycles. The van der Waals surface area contributed by atoms with Crippen LogP contribution in [0.5, 0.6) is 0 Å². The lowest BCUT2D eigenvalue weighted by atomic mass is 10.2. The monoisotopic (exact) mass is 290 g/mol. The van der Waals surface area contributed by atoms with E-state index in [1.807, 2.05) is 6.92 Å². The van der Waals surface area contributed by atoms with Crippen LogP contribution in [0, 0.1) is 17.6 Å². The number of carbonyl (C=O) groups excluding carboxylic acids is 1. The van der Waals surface area contributed by atoms with E-state index in [0.29, 0.717) is 18.1 Å². The summed E-state index contributed by atoms with van der Waals surface area (Å²) in [6.45, 7) is 1.90. The number of sulfonamides is 1. The molecule has 2 rings (SSSR count). The minimum atomic E-state index is -4.35. The molecule has 1 amide bonds. The van der Waals surface area contributed by atoms with Crippen molar-refractivity contribution in [2.45, 2.75) is 24.3 Å². The van der Waals surface area contributed by atoms with Gasteiger partial charge in [-0.2, -0.15) is 0 Å². The van der Waals surface area contributed by atoms with Crippen molar-refractivity contribution in [1.29, 1.82) is 0 Å². The zero-order chi connectivity index (χ0) is 14.4. The summed E-state index contributed by atoms with van der Waals surface area (Å²) in [6, 6.07) is 0.891. The van der Waals surface area contributed by atoms with E-state index in [0.717, 1.165) is 6.42 Å². The van der Waals surface area contributed by atoms with Gasteiger partial charge in [-0.1, -0.05) is 6.92 Å². The van der Waals surface area contributed by atoms with Crippen LogP contribution in [0.1, 0.15) is 23.7 Å². The summed E-state index contributed by atoms with van der Waals surface area (Å²) in [6.07, 6.45) is 0.774. The van der Waals surface area contributed by atoms with E-state index in [-0.39, 0.29) is 6.04 Å². The topological polar surface area (TPSA) is 89.3 Å². The number of nitrogens with two attached hydrogens (primary N) is 1. The first-order valence-electron chi connectivity index (χ1n) is 5.53. The average molecular weight is 290 g/mol. The summed E-state index contributed by atoms with van der Waals surface area (Å²) in [5.74, 6) is -2.94. The minimum absolute atomic E-state index is 0.0603. The van der Waals surface area contributed by atoms with Gasteiger partial charge in [-0.3, -0.25) is 4.79 Å². The van der Waals surface area contributed by atoms with Crippen LogP contribution in [0.3, 0.4) is 0 Å². The molecule has 5 nitrogen and oxygen atoms in total. The van der Waals surface area contributed by atoms with Crippen molar-refractivity contribution in [3.63, 3.8) is 0 Å². The molecule has 0 aromatic heterocycles. The first-order chi connectivity index (χ1) is 8.70. The summed E-state index contributed by atoms with van der Waals surface area (Å²) in [7, 11) is -4.35. The summed E-state index contributed by atoms with van der Waals surface area (Å²) in [5.41, 5.74) is -0.537. The Bertz CT molecular complexity index is 646. The zero-order valence-electron chi connectivity index (χ0n) is 9.98. The Morgan fingerprint density at radius 1 is 1.37 bits per heavy atom. The number of nitrogens with one attached hydrogen (secondary N) is 1. The smallest absolute Gasteiger partial charge is 0.254 e. The highest BCUT2D eigenvalue weighted by Gasteiger charge is 2.34. The molecule has 1 aromatic rings. The molecule has 104 valence electrons. The van der Waals surface area contributed by atoms with E-state index in [4.69, 9.17) is 5.14 Å². The number of carbonyl (C=O) groups is 1. The first-order valence-corrected chi connectivity index (χ1v) is 7.07. The molecule has 1 aliphatic rings. The van der Waals surface area contributed by atoms with Gasteiger partial charge in [0.25, 0.3) is 5.91 Å². The van der Waals surface area contributed by atoms with Crippen LogP contribution in [-0.4, -0.2) is 20.4 Å². The molecule has 0 aliphatic heterocycles. The lowest BCUT2D eigenvalue weighted by molar-refractivity contribution is 0.0945. The lowest BCUT2D eigenvalue weighted by Crippen LogP contribution is -2.28.